The number of hydrogen-bond donors (Lipinski definition) is 4. The summed E-state index contributed by atoms with van der Waals surface area (Å²) in [6.07, 6.45) is -2.46. The monoisotopic (exact) mass is 376 g/mol. The summed E-state index contributed by atoms with van der Waals surface area (Å²) in [6.45, 7) is 5.35. The molecule has 2 atom stereocenters. The Kier molecular flexibility index (Phi) is 7.21. The van der Waals surface area contributed by atoms with Gasteiger partial charge in [-0.15, -0.1) is 0 Å². The van der Waals surface area contributed by atoms with Gasteiger partial charge in [-0.05, 0) is 42.3 Å². The van der Waals surface area contributed by atoms with Gasteiger partial charge in [0, 0.05) is 12.8 Å². The van der Waals surface area contributed by atoms with E-state index in [1.165, 1.54) is 0 Å². The number of hydrogen-bond acceptors (Lipinski definition) is 6. The summed E-state index contributed by atoms with van der Waals surface area (Å²) in [7, 11) is 0. The molecule has 2 aromatic carbocycles. The van der Waals surface area contributed by atoms with Gasteiger partial charge in [-0.2, -0.15) is 0 Å². The van der Waals surface area contributed by atoms with Crippen molar-refractivity contribution < 1.29 is 29.9 Å². The molecule has 0 fully saturated rings. The van der Waals surface area contributed by atoms with Crippen LogP contribution in [-0.2, 0) is 5.41 Å². The first-order valence-corrected chi connectivity index (χ1v) is 9.07. The lowest BCUT2D eigenvalue weighted by molar-refractivity contribution is -0.0821. The molecule has 0 aromatic heterocycles. The Morgan fingerprint density at radius 1 is 0.704 bits per heavy atom. The highest BCUT2D eigenvalue weighted by atomic mass is 16.6. The van der Waals surface area contributed by atoms with Gasteiger partial charge < -0.3 is 29.9 Å². The molecule has 0 aliphatic carbocycles. The average Bonchev–Trinajstić information content (AvgIpc) is 2.68. The van der Waals surface area contributed by atoms with E-state index < -0.39 is 24.3 Å². The quantitative estimate of drug-likeness (QED) is 0.502. The molecule has 2 unspecified atom stereocenters. The summed E-state index contributed by atoms with van der Waals surface area (Å²) in [4.78, 5) is 0. The van der Waals surface area contributed by atoms with Crippen LogP contribution in [0.4, 0.5) is 0 Å². The molecule has 6 nitrogen and oxygen atoms in total. The van der Waals surface area contributed by atoms with Gasteiger partial charge in [0.25, 0.3) is 0 Å². The van der Waals surface area contributed by atoms with E-state index in [1.54, 1.807) is 55.5 Å². The van der Waals surface area contributed by atoms with E-state index in [2.05, 4.69) is 0 Å². The Labute approximate surface area is 159 Å². The number of aliphatic hydroxyl groups is 4. The van der Waals surface area contributed by atoms with Gasteiger partial charge in [-0.1, -0.05) is 38.1 Å². The van der Waals surface area contributed by atoms with Crippen molar-refractivity contribution in [2.75, 3.05) is 0 Å². The second kappa shape index (κ2) is 9.19. The van der Waals surface area contributed by atoms with E-state index >= 15 is 0 Å². The molecule has 0 saturated heterocycles. The van der Waals surface area contributed by atoms with Gasteiger partial charge in [-0.25, -0.2) is 0 Å². The van der Waals surface area contributed by atoms with Crippen LogP contribution >= 0.6 is 0 Å². The van der Waals surface area contributed by atoms with E-state index in [0.717, 1.165) is 0 Å². The summed E-state index contributed by atoms with van der Waals surface area (Å²) in [5.74, 6) is 1.00. The van der Waals surface area contributed by atoms with Crippen molar-refractivity contribution in [1.82, 2.24) is 0 Å². The molecule has 27 heavy (non-hydrogen) atoms. The van der Waals surface area contributed by atoms with Gasteiger partial charge >= 0.3 is 0 Å². The highest BCUT2D eigenvalue weighted by Gasteiger charge is 2.36. The third-order valence-electron chi connectivity index (χ3n) is 4.67. The Balaban J connectivity index is 2.29. The summed E-state index contributed by atoms with van der Waals surface area (Å²) in [6, 6.07) is 13.7. The molecule has 2 rings (SSSR count). The Morgan fingerprint density at radius 2 is 1.04 bits per heavy atom. The summed E-state index contributed by atoms with van der Waals surface area (Å²) < 4.78 is 10.7. The van der Waals surface area contributed by atoms with Crippen LogP contribution in [0.5, 0.6) is 11.5 Å². The molecule has 0 aliphatic rings. The molecule has 0 spiro atoms. The van der Waals surface area contributed by atoms with Crippen molar-refractivity contribution in [3.63, 3.8) is 0 Å². The molecule has 0 bridgehead atoms. The minimum Gasteiger partial charge on any atom is -0.465 e. The van der Waals surface area contributed by atoms with Crippen LogP contribution < -0.4 is 9.47 Å². The average molecular weight is 376 g/mol. The molecule has 0 radical (unpaired) electrons. The van der Waals surface area contributed by atoms with Crippen molar-refractivity contribution in [3.8, 4) is 11.5 Å². The summed E-state index contributed by atoms with van der Waals surface area (Å²) >= 11 is 0. The van der Waals surface area contributed by atoms with Crippen LogP contribution in [0.25, 0.3) is 0 Å². The van der Waals surface area contributed by atoms with Crippen molar-refractivity contribution in [1.29, 1.82) is 0 Å². The maximum atomic E-state index is 10.1. The first-order valence-electron chi connectivity index (χ1n) is 9.07. The molecular formula is C21H28O6. The predicted octanol–water partition coefficient (Wildman–Crippen LogP) is 2.52. The molecule has 148 valence electrons. The zero-order chi connectivity index (χ0) is 20.0. The fraction of sp³-hybridized carbons (Fsp3) is 0.429. The molecule has 0 saturated carbocycles. The van der Waals surface area contributed by atoms with Crippen LogP contribution in [0.3, 0.4) is 0 Å². The van der Waals surface area contributed by atoms with Crippen LogP contribution in [0.15, 0.2) is 48.5 Å². The van der Waals surface area contributed by atoms with E-state index in [9.17, 15) is 20.4 Å². The van der Waals surface area contributed by atoms with Gasteiger partial charge in [0.05, 0.1) is 5.41 Å². The number of benzene rings is 2. The zero-order valence-electron chi connectivity index (χ0n) is 15.9. The van der Waals surface area contributed by atoms with E-state index in [4.69, 9.17) is 9.47 Å². The Hall–Kier alpha value is -2.12. The smallest absolute Gasteiger partial charge is 0.197 e. The molecule has 6 heteroatoms. The van der Waals surface area contributed by atoms with Crippen LogP contribution in [0.1, 0.15) is 44.7 Å². The van der Waals surface area contributed by atoms with E-state index in [-0.39, 0.29) is 0 Å². The topological polar surface area (TPSA) is 99.4 Å². The van der Waals surface area contributed by atoms with Crippen LogP contribution in [0, 0.1) is 0 Å². The number of rotatable bonds is 9. The van der Waals surface area contributed by atoms with Crippen molar-refractivity contribution in [3.05, 3.63) is 59.7 Å². The minimum absolute atomic E-state index is 0.468. The third-order valence-corrected chi connectivity index (χ3v) is 4.67. The largest absolute Gasteiger partial charge is 0.465 e. The van der Waals surface area contributed by atoms with Crippen LogP contribution in [0.2, 0.25) is 0 Å². The van der Waals surface area contributed by atoms with Crippen molar-refractivity contribution in [2.24, 2.45) is 0 Å². The zero-order valence-corrected chi connectivity index (χ0v) is 15.9. The molecule has 0 heterocycles. The fourth-order valence-corrected chi connectivity index (χ4v) is 2.71. The lowest BCUT2D eigenvalue weighted by Gasteiger charge is -2.33. The third kappa shape index (κ3) is 4.99. The first-order chi connectivity index (χ1) is 12.8. The highest BCUT2D eigenvalue weighted by molar-refractivity contribution is 5.43. The predicted molar refractivity (Wildman–Crippen MR) is 101 cm³/mol. The fourth-order valence-electron chi connectivity index (χ4n) is 2.71. The van der Waals surface area contributed by atoms with Gasteiger partial charge in [0.15, 0.2) is 18.9 Å². The van der Waals surface area contributed by atoms with E-state index in [1.807, 2.05) is 13.8 Å². The summed E-state index contributed by atoms with van der Waals surface area (Å²) in [5.41, 5.74) is 0.278. The number of ether oxygens (including phenoxy) is 2. The number of aliphatic hydroxyl groups excluding tert-OH is 3. The van der Waals surface area contributed by atoms with E-state index in [0.29, 0.717) is 35.5 Å². The SMILES string of the molecule is CCC(O)Oc1ccc(C(C)(c2ccc(OC(O)CC)cc2)C(O)O)cc1. The van der Waals surface area contributed by atoms with Gasteiger partial charge in [0.2, 0.25) is 0 Å². The van der Waals surface area contributed by atoms with Gasteiger partial charge in [0.1, 0.15) is 11.5 Å². The normalized spacial score (nSPS) is 15.9. The highest BCUT2D eigenvalue weighted by Crippen LogP contribution is 2.36. The second-order valence-electron chi connectivity index (χ2n) is 6.59. The minimum atomic E-state index is -1.64. The molecule has 2 aromatic rings. The lowest BCUT2D eigenvalue weighted by Crippen LogP contribution is -2.37. The maximum absolute atomic E-state index is 10.1. The standard InChI is InChI=1S/C21H28O6/c1-4-18(22)26-16-10-6-14(7-11-16)21(3,20(24)25)15-8-12-17(13-9-15)27-19(23)5-2/h6-13,18-20,22-25H,4-5H2,1-3H3. The van der Waals surface area contributed by atoms with Crippen LogP contribution in [-0.4, -0.2) is 39.3 Å². The molecular weight excluding hydrogens is 348 g/mol. The maximum Gasteiger partial charge on any atom is 0.197 e. The Bertz CT molecular complexity index is 640. The Morgan fingerprint density at radius 3 is 1.30 bits per heavy atom. The van der Waals surface area contributed by atoms with Crippen molar-refractivity contribution >= 4 is 0 Å². The molecule has 0 amide bonds. The molecule has 0 aliphatic heterocycles. The lowest BCUT2D eigenvalue weighted by atomic mass is 9.75. The second-order valence-corrected chi connectivity index (χ2v) is 6.59. The first kappa shape index (κ1) is 21.2. The summed E-state index contributed by atoms with van der Waals surface area (Å²) in [5, 5.41) is 39.4. The molecule has 4 N–H and O–H groups in total. The van der Waals surface area contributed by atoms with Gasteiger partial charge in [-0.3, -0.25) is 0 Å². The van der Waals surface area contributed by atoms with Crippen molar-refractivity contribution in [2.45, 2.75) is 57.9 Å².